The van der Waals surface area contributed by atoms with E-state index in [2.05, 4.69) is 68.8 Å². The molecule has 2 heterocycles. The van der Waals surface area contributed by atoms with Gasteiger partial charge in [-0.2, -0.15) is 0 Å². The zero-order valence-electron chi connectivity index (χ0n) is 24.8. The van der Waals surface area contributed by atoms with Crippen molar-refractivity contribution in [3.63, 3.8) is 0 Å². The van der Waals surface area contributed by atoms with Crippen LogP contribution in [0.4, 0.5) is 5.82 Å². The molecule has 208 valence electrons. The van der Waals surface area contributed by atoms with Gasteiger partial charge in [0, 0.05) is 24.9 Å². The van der Waals surface area contributed by atoms with Crippen molar-refractivity contribution in [2.45, 2.75) is 86.2 Å². The maximum Gasteiger partial charge on any atom is 0.152 e. The van der Waals surface area contributed by atoms with Gasteiger partial charge in [-0.05, 0) is 103 Å². The number of hydrogen-bond acceptors (Lipinski definition) is 4. The number of imidazole rings is 1. The average Bonchev–Trinajstić information content (AvgIpc) is 3.72. The van der Waals surface area contributed by atoms with Crippen molar-refractivity contribution in [2.24, 2.45) is 5.92 Å². The normalized spacial score (nSPS) is 13.7. The highest BCUT2D eigenvalue weighted by Crippen LogP contribution is 2.37. The van der Waals surface area contributed by atoms with Crippen molar-refractivity contribution >= 4 is 38.5 Å². The van der Waals surface area contributed by atoms with Crippen LogP contribution in [0.3, 0.4) is 0 Å². The van der Waals surface area contributed by atoms with E-state index in [4.69, 9.17) is 15.7 Å². The molecule has 1 fully saturated rings. The molecule has 0 spiro atoms. The molecule has 5 nitrogen and oxygen atoms in total. The first-order valence-electron chi connectivity index (χ1n) is 15.1. The van der Waals surface area contributed by atoms with Crippen LogP contribution in [-0.4, -0.2) is 21.1 Å². The van der Waals surface area contributed by atoms with E-state index in [9.17, 15) is 0 Å². The Morgan fingerprint density at radius 1 is 0.900 bits per heavy atom. The van der Waals surface area contributed by atoms with E-state index in [1.165, 1.54) is 63.4 Å². The largest absolute Gasteiger partial charge is 0.382 e. The number of aromatic nitrogens is 3. The minimum Gasteiger partial charge on any atom is -0.382 e. The van der Waals surface area contributed by atoms with E-state index in [-0.39, 0.29) is 0 Å². The summed E-state index contributed by atoms with van der Waals surface area (Å²) in [6.07, 6.45) is 7.27. The Balaban J connectivity index is 1.52. The number of para-hydroxylation sites is 1. The van der Waals surface area contributed by atoms with Crippen LogP contribution in [0.1, 0.15) is 78.2 Å². The van der Waals surface area contributed by atoms with E-state index in [1.807, 2.05) is 12.1 Å². The number of nitrogens with one attached hydrogen (secondary N) is 1. The smallest absolute Gasteiger partial charge is 0.152 e. The molecule has 5 heteroatoms. The van der Waals surface area contributed by atoms with Crippen molar-refractivity contribution in [1.29, 1.82) is 0 Å². The van der Waals surface area contributed by atoms with Gasteiger partial charge in [-0.3, -0.25) is 0 Å². The predicted molar refractivity (Wildman–Crippen MR) is 169 cm³/mol. The van der Waals surface area contributed by atoms with E-state index in [1.54, 1.807) is 0 Å². The maximum atomic E-state index is 6.50. The first kappa shape index (κ1) is 26.8. The Morgan fingerprint density at radius 2 is 1.60 bits per heavy atom. The van der Waals surface area contributed by atoms with Crippen LogP contribution >= 0.6 is 0 Å². The highest BCUT2D eigenvalue weighted by atomic mass is 15.1. The summed E-state index contributed by atoms with van der Waals surface area (Å²) in [6, 6.07) is 13.0. The summed E-state index contributed by atoms with van der Waals surface area (Å²) >= 11 is 0. The molecule has 0 unspecified atom stereocenters. The number of fused-ring (bicyclic) bond motifs is 4. The lowest BCUT2D eigenvalue weighted by molar-refractivity contribution is 0.614. The van der Waals surface area contributed by atoms with Crippen LogP contribution in [0, 0.1) is 33.6 Å². The number of benzene rings is 3. The minimum absolute atomic E-state index is 0.515. The zero-order valence-corrected chi connectivity index (χ0v) is 24.8. The lowest BCUT2D eigenvalue weighted by Crippen LogP contribution is -2.16. The zero-order chi connectivity index (χ0) is 28.0. The molecule has 0 amide bonds. The molecule has 0 atom stereocenters. The fourth-order valence-corrected chi connectivity index (χ4v) is 6.47. The summed E-state index contributed by atoms with van der Waals surface area (Å²) < 4.78 is 2.43. The molecule has 6 rings (SSSR count). The van der Waals surface area contributed by atoms with Crippen LogP contribution < -0.4 is 11.1 Å². The number of nitrogens with two attached hydrogens (primary N) is 1. The second kappa shape index (κ2) is 10.9. The number of rotatable bonds is 10. The first-order chi connectivity index (χ1) is 19.4. The first-order valence-corrected chi connectivity index (χ1v) is 15.1. The minimum atomic E-state index is 0.515. The van der Waals surface area contributed by atoms with Crippen LogP contribution in [0.5, 0.6) is 0 Å². The molecule has 0 radical (unpaired) electrons. The molecule has 0 saturated heterocycles. The molecule has 1 aliphatic carbocycles. The van der Waals surface area contributed by atoms with Crippen molar-refractivity contribution in [2.75, 3.05) is 12.3 Å². The quantitative estimate of drug-likeness (QED) is 0.179. The van der Waals surface area contributed by atoms with Gasteiger partial charge in [-0.15, -0.1) is 0 Å². The van der Waals surface area contributed by atoms with Gasteiger partial charge >= 0.3 is 0 Å². The van der Waals surface area contributed by atoms with Crippen LogP contribution in [0.2, 0.25) is 0 Å². The molecule has 1 saturated carbocycles. The number of pyridine rings is 1. The van der Waals surface area contributed by atoms with Gasteiger partial charge in [0.25, 0.3) is 0 Å². The highest BCUT2D eigenvalue weighted by molar-refractivity contribution is 6.06. The highest BCUT2D eigenvalue weighted by Gasteiger charge is 2.22. The van der Waals surface area contributed by atoms with E-state index < -0.39 is 0 Å². The molecule has 3 N–H and O–H groups in total. The summed E-state index contributed by atoms with van der Waals surface area (Å²) in [5, 5.41) is 7.69. The van der Waals surface area contributed by atoms with Gasteiger partial charge in [0.1, 0.15) is 11.3 Å². The van der Waals surface area contributed by atoms with E-state index in [0.29, 0.717) is 5.82 Å². The van der Waals surface area contributed by atoms with Gasteiger partial charge in [0.15, 0.2) is 5.82 Å². The van der Waals surface area contributed by atoms with E-state index in [0.717, 1.165) is 72.6 Å². The number of nitrogens with zero attached hydrogens (tertiary/aromatic N) is 3. The van der Waals surface area contributed by atoms with Gasteiger partial charge in [0.2, 0.25) is 0 Å². The number of anilines is 1. The molecular weight excluding hydrogens is 490 g/mol. The Hall–Kier alpha value is -3.44. The Labute approximate surface area is 238 Å². The van der Waals surface area contributed by atoms with Crippen LogP contribution in [0.25, 0.3) is 32.7 Å². The third-order valence-electron chi connectivity index (χ3n) is 9.33. The molecule has 3 aromatic carbocycles. The topological polar surface area (TPSA) is 68.8 Å². The molecular formula is C35H43N5. The van der Waals surface area contributed by atoms with Crippen molar-refractivity contribution in [3.05, 3.63) is 75.6 Å². The number of aryl methyl sites for hydroxylation is 3. The third-order valence-corrected chi connectivity index (χ3v) is 9.33. The van der Waals surface area contributed by atoms with Gasteiger partial charge in [-0.1, -0.05) is 56.5 Å². The van der Waals surface area contributed by atoms with Crippen molar-refractivity contribution in [3.8, 4) is 0 Å². The molecule has 2 aromatic heterocycles. The van der Waals surface area contributed by atoms with Gasteiger partial charge in [-0.25, -0.2) is 9.97 Å². The van der Waals surface area contributed by atoms with Gasteiger partial charge < -0.3 is 15.6 Å². The molecule has 40 heavy (non-hydrogen) atoms. The summed E-state index contributed by atoms with van der Waals surface area (Å²) in [5.41, 5.74) is 17.7. The van der Waals surface area contributed by atoms with E-state index >= 15 is 0 Å². The molecule has 5 aromatic rings. The predicted octanol–water partition coefficient (Wildman–Crippen LogP) is 7.83. The van der Waals surface area contributed by atoms with Crippen molar-refractivity contribution < 1.29 is 0 Å². The Bertz CT molecular complexity index is 1720. The second-order valence-electron chi connectivity index (χ2n) is 12.0. The molecule has 0 aliphatic heterocycles. The number of nitrogen functional groups attached to an aromatic ring is 1. The summed E-state index contributed by atoms with van der Waals surface area (Å²) in [6.45, 7) is 14.2. The summed E-state index contributed by atoms with van der Waals surface area (Å²) in [5.74, 6) is 2.56. The fraction of sp³-hybridized carbons (Fsp3) is 0.429. The Morgan fingerprint density at radius 3 is 2.33 bits per heavy atom. The monoisotopic (exact) mass is 533 g/mol. The lowest BCUT2D eigenvalue weighted by atomic mass is 9.86. The molecule has 0 bridgehead atoms. The summed E-state index contributed by atoms with van der Waals surface area (Å²) in [4.78, 5) is 9.80. The number of hydrogen-bond donors (Lipinski definition) is 2. The lowest BCUT2D eigenvalue weighted by Gasteiger charge is -2.21. The Kier molecular flexibility index (Phi) is 7.26. The van der Waals surface area contributed by atoms with Crippen LogP contribution in [-0.2, 0) is 19.5 Å². The standard InChI is InChI=1S/C35H43N5/c1-6-7-12-30-39-33-34(28-10-8-9-11-29(28)38-35(33)36)40(30)20-27-16-15-26(19-37-18-17-25-13-14-25)31-23(4)21(2)22(3)24(5)32(27)31/h8-11,15-16,25,37H,6-7,12-14,17-20H2,1-5H3,(H2,36,38). The summed E-state index contributed by atoms with van der Waals surface area (Å²) in [7, 11) is 0. The van der Waals surface area contributed by atoms with Gasteiger partial charge in [0.05, 0.1) is 11.0 Å². The third kappa shape index (κ3) is 4.75. The van der Waals surface area contributed by atoms with Crippen LogP contribution in [0.15, 0.2) is 36.4 Å². The number of unbranched alkanes of at least 4 members (excludes halogenated alkanes) is 1. The average molecular weight is 534 g/mol. The van der Waals surface area contributed by atoms with Crippen molar-refractivity contribution in [1.82, 2.24) is 19.9 Å². The maximum absolute atomic E-state index is 6.50. The molecule has 1 aliphatic rings. The SMILES string of the molecule is CCCCc1nc2c(N)nc3ccccc3c2n1Cc1ccc(CNCCC2CC2)c2c(C)c(C)c(C)c(C)c12. The second-order valence-corrected chi connectivity index (χ2v) is 12.0. The fourth-order valence-electron chi connectivity index (χ4n) is 6.47.